The number of methoxy groups -OCH3 is 1. The molecule has 4 N–H and O–H groups in total. The van der Waals surface area contributed by atoms with Crippen molar-refractivity contribution in [3.63, 3.8) is 0 Å². The maximum atomic E-state index is 5.39. The molecule has 0 bridgehead atoms. The monoisotopic (exact) mass is 267 g/mol. The normalized spacial score (nSPS) is 16.5. The predicted molar refractivity (Wildman–Crippen MR) is 74.0 cm³/mol. The lowest BCUT2D eigenvalue weighted by Gasteiger charge is -2.17. The van der Waals surface area contributed by atoms with E-state index in [1.54, 1.807) is 7.11 Å². The van der Waals surface area contributed by atoms with Gasteiger partial charge >= 0.3 is 0 Å². The molecule has 1 fully saturated rings. The van der Waals surface area contributed by atoms with Gasteiger partial charge in [0.2, 0.25) is 17.8 Å². The highest BCUT2D eigenvalue weighted by atomic mass is 16.5. The third-order valence-electron chi connectivity index (χ3n) is 3.09. The third-order valence-corrected chi connectivity index (χ3v) is 3.09. The van der Waals surface area contributed by atoms with Crippen molar-refractivity contribution in [2.75, 3.05) is 42.4 Å². The molecule has 1 aliphatic rings. The first kappa shape index (κ1) is 13.8. The number of hydrogen-bond donors (Lipinski definition) is 3. The number of rotatable bonds is 6. The maximum Gasteiger partial charge on any atom is 0.243 e. The molecular formula is C11H21N7O. The zero-order chi connectivity index (χ0) is 13.7. The number of nitrogens with two attached hydrogens (primary N) is 1. The Bertz CT molecular complexity index is 408. The summed E-state index contributed by atoms with van der Waals surface area (Å²) >= 11 is 0. The summed E-state index contributed by atoms with van der Waals surface area (Å²) in [6.07, 6.45) is 2.42. The van der Waals surface area contributed by atoms with Gasteiger partial charge in [0.25, 0.3) is 0 Å². The van der Waals surface area contributed by atoms with Crippen LogP contribution in [-0.4, -0.2) is 47.8 Å². The molecule has 1 aromatic rings. The lowest BCUT2D eigenvalue weighted by atomic mass is 10.4. The van der Waals surface area contributed by atoms with E-state index in [2.05, 4.69) is 30.6 Å². The van der Waals surface area contributed by atoms with E-state index in [-0.39, 0.29) is 6.10 Å². The van der Waals surface area contributed by atoms with Crippen LogP contribution in [0.3, 0.4) is 0 Å². The van der Waals surface area contributed by atoms with Gasteiger partial charge in [-0.1, -0.05) is 0 Å². The fourth-order valence-corrected chi connectivity index (χ4v) is 1.89. The van der Waals surface area contributed by atoms with Crippen molar-refractivity contribution in [2.45, 2.75) is 25.9 Å². The van der Waals surface area contributed by atoms with Gasteiger partial charge < -0.3 is 15.0 Å². The molecule has 2 heterocycles. The SMILES string of the molecule is COC(C)CNc1nc(NN)nc(N2CCCC2)n1. The van der Waals surface area contributed by atoms with Crippen LogP contribution in [0.5, 0.6) is 0 Å². The van der Waals surface area contributed by atoms with Crippen LogP contribution in [0.15, 0.2) is 0 Å². The highest BCUT2D eigenvalue weighted by Gasteiger charge is 2.17. The first-order valence-electron chi connectivity index (χ1n) is 6.47. The first-order chi connectivity index (χ1) is 9.22. The molecule has 1 aliphatic heterocycles. The van der Waals surface area contributed by atoms with Gasteiger partial charge in [0.1, 0.15) is 0 Å². The van der Waals surface area contributed by atoms with Gasteiger partial charge in [0, 0.05) is 26.7 Å². The molecule has 0 amide bonds. The van der Waals surface area contributed by atoms with Crippen molar-refractivity contribution in [3.05, 3.63) is 0 Å². The lowest BCUT2D eigenvalue weighted by Crippen LogP contribution is -2.25. The van der Waals surface area contributed by atoms with E-state index >= 15 is 0 Å². The summed E-state index contributed by atoms with van der Waals surface area (Å²) in [6, 6.07) is 0. The Labute approximate surface area is 112 Å². The van der Waals surface area contributed by atoms with Crippen LogP contribution >= 0.6 is 0 Å². The van der Waals surface area contributed by atoms with Crippen LogP contribution in [0, 0.1) is 0 Å². The Morgan fingerprint density at radius 3 is 2.58 bits per heavy atom. The van der Waals surface area contributed by atoms with E-state index in [1.165, 1.54) is 12.8 Å². The van der Waals surface area contributed by atoms with Crippen LogP contribution in [0.1, 0.15) is 19.8 Å². The maximum absolute atomic E-state index is 5.39. The Kier molecular flexibility index (Phi) is 4.69. The number of hydrogen-bond acceptors (Lipinski definition) is 8. The van der Waals surface area contributed by atoms with Crippen molar-refractivity contribution in [3.8, 4) is 0 Å². The molecule has 0 saturated carbocycles. The minimum atomic E-state index is 0.0845. The molecule has 1 unspecified atom stereocenters. The summed E-state index contributed by atoms with van der Waals surface area (Å²) in [5, 5.41) is 3.12. The second kappa shape index (κ2) is 6.48. The number of ether oxygens (including phenoxy) is 1. The van der Waals surface area contributed by atoms with Gasteiger partial charge in [0.15, 0.2) is 0 Å². The molecule has 1 aromatic heterocycles. The van der Waals surface area contributed by atoms with Crippen molar-refractivity contribution < 1.29 is 4.74 Å². The summed E-state index contributed by atoms with van der Waals surface area (Å²) in [7, 11) is 1.67. The first-order valence-corrected chi connectivity index (χ1v) is 6.47. The van der Waals surface area contributed by atoms with Crippen molar-refractivity contribution >= 4 is 17.8 Å². The third kappa shape index (κ3) is 3.65. The zero-order valence-electron chi connectivity index (χ0n) is 11.4. The van der Waals surface area contributed by atoms with E-state index in [4.69, 9.17) is 10.6 Å². The molecule has 19 heavy (non-hydrogen) atoms. The van der Waals surface area contributed by atoms with Gasteiger partial charge in [-0.05, 0) is 19.8 Å². The zero-order valence-corrected chi connectivity index (χ0v) is 11.4. The molecule has 2 rings (SSSR count). The summed E-state index contributed by atoms with van der Waals surface area (Å²) in [6.45, 7) is 4.55. The minimum Gasteiger partial charge on any atom is -0.380 e. The largest absolute Gasteiger partial charge is 0.380 e. The topological polar surface area (TPSA) is 101 Å². The van der Waals surface area contributed by atoms with Gasteiger partial charge in [-0.3, -0.25) is 5.43 Å². The second-order valence-corrected chi connectivity index (χ2v) is 4.55. The summed E-state index contributed by atoms with van der Waals surface area (Å²) in [4.78, 5) is 15.0. The number of anilines is 3. The quantitative estimate of drug-likeness (QED) is 0.496. The molecule has 0 spiro atoms. The summed E-state index contributed by atoms with van der Waals surface area (Å²) in [5.74, 6) is 6.93. The highest BCUT2D eigenvalue weighted by molar-refractivity contribution is 5.43. The molecule has 0 aromatic carbocycles. The van der Waals surface area contributed by atoms with E-state index in [9.17, 15) is 0 Å². The van der Waals surface area contributed by atoms with Crippen LogP contribution in [-0.2, 0) is 4.74 Å². The smallest absolute Gasteiger partial charge is 0.243 e. The van der Waals surface area contributed by atoms with E-state index in [0.29, 0.717) is 24.4 Å². The number of nitrogens with one attached hydrogen (secondary N) is 2. The Morgan fingerprint density at radius 2 is 1.95 bits per heavy atom. The molecular weight excluding hydrogens is 246 g/mol. The van der Waals surface area contributed by atoms with Crippen LogP contribution < -0.4 is 21.5 Å². The molecule has 8 nitrogen and oxygen atoms in total. The average molecular weight is 267 g/mol. The van der Waals surface area contributed by atoms with Crippen LogP contribution in [0.4, 0.5) is 17.8 Å². The molecule has 1 atom stereocenters. The minimum absolute atomic E-state index is 0.0845. The van der Waals surface area contributed by atoms with Crippen LogP contribution in [0.2, 0.25) is 0 Å². The molecule has 106 valence electrons. The fourth-order valence-electron chi connectivity index (χ4n) is 1.89. The number of nitrogen functional groups attached to an aromatic ring is 1. The van der Waals surface area contributed by atoms with Gasteiger partial charge in [-0.15, -0.1) is 0 Å². The van der Waals surface area contributed by atoms with Gasteiger partial charge in [-0.25, -0.2) is 5.84 Å². The van der Waals surface area contributed by atoms with Crippen molar-refractivity contribution in [2.24, 2.45) is 5.84 Å². The average Bonchev–Trinajstić information content (AvgIpc) is 2.98. The Morgan fingerprint density at radius 1 is 1.26 bits per heavy atom. The van der Waals surface area contributed by atoms with E-state index in [1.807, 2.05) is 6.92 Å². The predicted octanol–water partition coefficient (Wildman–Crippen LogP) is 0.204. The number of nitrogens with zero attached hydrogens (tertiary/aromatic N) is 4. The van der Waals surface area contributed by atoms with E-state index in [0.717, 1.165) is 13.1 Å². The van der Waals surface area contributed by atoms with Crippen LogP contribution in [0.25, 0.3) is 0 Å². The molecule has 1 saturated heterocycles. The summed E-state index contributed by atoms with van der Waals surface area (Å²) < 4.78 is 5.17. The van der Waals surface area contributed by atoms with Crippen molar-refractivity contribution in [1.82, 2.24) is 15.0 Å². The van der Waals surface area contributed by atoms with Gasteiger partial charge in [-0.2, -0.15) is 15.0 Å². The molecule has 0 radical (unpaired) electrons. The number of hydrazine groups is 1. The molecule has 8 heteroatoms. The highest BCUT2D eigenvalue weighted by Crippen LogP contribution is 2.18. The molecule has 0 aliphatic carbocycles. The Balaban J connectivity index is 2.11. The van der Waals surface area contributed by atoms with E-state index < -0.39 is 0 Å². The fraction of sp³-hybridized carbons (Fsp3) is 0.727. The standard InChI is InChI=1S/C11H21N7O/c1-8(19-2)7-13-9-14-10(17-12)16-11(15-9)18-5-3-4-6-18/h8H,3-7,12H2,1-2H3,(H2,13,14,15,16,17). The van der Waals surface area contributed by atoms with Crippen molar-refractivity contribution in [1.29, 1.82) is 0 Å². The summed E-state index contributed by atoms with van der Waals surface area (Å²) in [5.41, 5.74) is 2.47. The lowest BCUT2D eigenvalue weighted by molar-refractivity contribution is 0.128. The van der Waals surface area contributed by atoms with Gasteiger partial charge in [0.05, 0.1) is 6.10 Å². The second-order valence-electron chi connectivity index (χ2n) is 4.55. The number of aromatic nitrogens is 3. The Hall–Kier alpha value is -1.67.